The minimum absolute atomic E-state index is 0.387. The summed E-state index contributed by atoms with van der Waals surface area (Å²) in [6.45, 7) is 3.38. The summed E-state index contributed by atoms with van der Waals surface area (Å²) < 4.78 is 1.03. The van der Waals surface area contributed by atoms with Crippen LogP contribution in [0.4, 0.5) is 0 Å². The summed E-state index contributed by atoms with van der Waals surface area (Å²) in [4.78, 5) is 0. The predicted octanol–water partition coefficient (Wildman–Crippen LogP) is 2.46. The van der Waals surface area contributed by atoms with Gasteiger partial charge in [0, 0.05) is 4.24 Å². The van der Waals surface area contributed by atoms with Gasteiger partial charge in [0.25, 0.3) is 0 Å². The Morgan fingerprint density at radius 3 is 2.31 bits per heavy atom. The Hall–Kier alpha value is -0.110. The normalized spacial score (nSPS) is 16.9. The van der Waals surface area contributed by atoms with E-state index in [-0.39, 0.29) is 5.92 Å². The highest BCUT2D eigenvalue weighted by atomic mass is 32.2. The Morgan fingerprint density at radius 1 is 1.54 bits per heavy atom. The van der Waals surface area contributed by atoms with Crippen molar-refractivity contribution in [1.29, 1.82) is 5.26 Å². The van der Waals surface area contributed by atoms with Crippen LogP contribution in [0.25, 0.3) is 0 Å². The van der Waals surface area contributed by atoms with Gasteiger partial charge >= 0.3 is 0 Å². The lowest BCUT2D eigenvalue weighted by molar-refractivity contribution is 0.0774. The minimum atomic E-state index is -1.03. The summed E-state index contributed by atoms with van der Waals surface area (Å²) >= 11 is 3.16. The second-order valence-electron chi connectivity index (χ2n) is 2.95. The second kappa shape index (κ2) is 5.58. The van der Waals surface area contributed by atoms with Crippen LogP contribution in [0.5, 0.6) is 0 Å². The zero-order valence-electron chi connectivity index (χ0n) is 8.37. The van der Waals surface area contributed by atoms with Crippen LogP contribution in [0.2, 0.25) is 0 Å². The van der Waals surface area contributed by atoms with E-state index in [0.717, 1.165) is 4.24 Å². The van der Waals surface area contributed by atoms with E-state index in [1.807, 2.05) is 18.6 Å². The van der Waals surface area contributed by atoms with E-state index >= 15 is 0 Å². The van der Waals surface area contributed by atoms with Crippen molar-refractivity contribution < 1.29 is 5.11 Å². The molecule has 0 aliphatic carbocycles. The molecule has 2 atom stereocenters. The van der Waals surface area contributed by atoms with E-state index in [4.69, 9.17) is 5.26 Å². The van der Waals surface area contributed by atoms with Crippen LogP contribution >= 0.6 is 23.5 Å². The SMILES string of the molecule is CSC(=CC(C)(O)C(C)C#N)SC. The van der Waals surface area contributed by atoms with Gasteiger partial charge in [0.1, 0.15) is 0 Å². The molecule has 0 bridgehead atoms. The van der Waals surface area contributed by atoms with Gasteiger partial charge in [-0.25, -0.2) is 0 Å². The quantitative estimate of drug-likeness (QED) is 0.785. The maximum Gasteiger partial charge on any atom is 0.0973 e. The molecule has 0 saturated heterocycles. The maximum atomic E-state index is 9.89. The first-order chi connectivity index (χ1) is 5.97. The average molecular weight is 217 g/mol. The molecule has 74 valence electrons. The first-order valence-electron chi connectivity index (χ1n) is 3.90. The van der Waals surface area contributed by atoms with E-state index in [2.05, 4.69) is 0 Å². The standard InChI is InChI=1S/C9H15NOS2/c1-7(6-10)9(2,11)5-8(12-3)13-4/h5,7,11H,1-4H3. The fraction of sp³-hybridized carbons (Fsp3) is 0.667. The molecular formula is C9H15NOS2. The molecule has 0 fully saturated rings. The smallest absolute Gasteiger partial charge is 0.0973 e. The molecule has 4 heteroatoms. The second-order valence-corrected chi connectivity index (χ2v) is 4.90. The molecule has 1 N–H and O–H groups in total. The van der Waals surface area contributed by atoms with Crippen molar-refractivity contribution in [3.8, 4) is 6.07 Å². The molecule has 0 spiro atoms. The van der Waals surface area contributed by atoms with Crippen molar-refractivity contribution in [2.75, 3.05) is 12.5 Å². The van der Waals surface area contributed by atoms with E-state index in [9.17, 15) is 5.11 Å². The zero-order chi connectivity index (χ0) is 10.5. The lowest BCUT2D eigenvalue weighted by Crippen LogP contribution is -2.29. The fourth-order valence-corrected chi connectivity index (χ4v) is 2.08. The Bertz CT molecular complexity index is 224. The summed E-state index contributed by atoms with van der Waals surface area (Å²) in [7, 11) is 0. The molecule has 0 radical (unpaired) electrons. The molecule has 2 unspecified atom stereocenters. The summed E-state index contributed by atoms with van der Waals surface area (Å²) in [5, 5.41) is 18.6. The lowest BCUT2D eigenvalue weighted by atomic mass is 9.92. The number of hydrogen-bond acceptors (Lipinski definition) is 4. The molecule has 0 aromatic heterocycles. The van der Waals surface area contributed by atoms with Crippen LogP contribution in [0, 0.1) is 17.2 Å². The summed E-state index contributed by atoms with van der Waals surface area (Å²) in [5.41, 5.74) is -1.03. The van der Waals surface area contributed by atoms with Crippen LogP contribution < -0.4 is 0 Å². The topological polar surface area (TPSA) is 44.0 Å². The third kappa shape index (κ3) is 4.08. The van der Waals surface area contributed by atoms with Gasteiger partial charge in [-0.1, -0.05) is 0 Å². The number of thioether (sulfide) groups is 2. The van der Waals surface area contributed by atoms with Gasteiger partial charge in [0.05, 0.1) is 17.6 Å². The minimum Gasteiger partial charge on any atom is -0.385 e. The Kier molecular flexibility index (Phi) is 5.54. The average Bonchev–Trinajstić information content (AvgIpc) is 2.12. The summed E-state index contributed by atoms with van der Waals surface area (Å²) in [5.74, 6) is -0.387. The lowest BCUT2D eigenvalue weighted by Gasteiger charge is -2.22. The van der Waals surface area contributed by atoms with Crippen molar-refractivity contribution in [2.45, 2.75) is 19.4 Å². The molecule has 0 aliphatic heterocycles. The monoisotopic (exact) mass is 217 g/mol. The van der Waals surface area contributed by atoms with Gasteiger partial charge in [0.15, 0.2) is 0 Å². The first kappa shape index (κ1) is 12.9. The molecule has 2 nitrogen and oxygen atoms in total. The van der Waals surface area contributed by atoms with Gasteiger partial charge in [-0.05, 0) is 32.4 Å². The Labute approximate surface area is 88.4 Å². The maximum absolute atomic E-state index is 9.89. The molecule has 0 saturated carbocycles. The van der Waals surface area contributed by atoms with Crippen LogP contribution in [0.3, 0.4) is 0 Å². The molecule has 0 aromatic carbocycles. The zero-order valence-corrected chi connectivity index (χ0v) is 10.00. The Balaban J connectivity index is 4.65. The first-order valence-corrected chi connectivity index (χ1v) is 6.35. The van der Waals surface area contributed by atoms with Crippen LogP contribution in [0.15, 0.2) is 10.3 Å². The molecule has 0 aromatic rings. The Morgan fingerprint density at radius 2 is 2.00 bits per heavy atom. The highest BCUT2D eigenvalue weighted by Gasteiger charge is 2.26. The molecule has 0 heterocycles. The molecule has 13 heavy (non-hydrogen) atoms. The number of aliphatic hydroxyl groups is 1. The van der Waals surface area contributed by atoms with Gasteiger partial charge < -0.3 is 5.11 Å². The largest absolute Gasteiger partial charge is 0.385 e. The van der Waals surface area contributed by atoms with Crippen LogP contribution in [-0.2, 0) is 0 Å². The van der Waals surface area contributed by atoms with E-state index in [1.54, 1.807) is 43.4 Å². The van der Waals surface area contributed by atoms with E-state index in [0.29, 0.717) is 0 Å². The molecule has 0 amide bonds. The predicted molar refractivity (Wildman–Crippen MR) is 60.5 cm³/mol. The third-order valence-electron chi connectivity index (χ3n) is 1.88. The fourth-order valence-electron chi connectivity index (χ4n) is 0.695. The molecule has 0 rings (SSSR count). The molecular weight excluding hydrogens is 202 g/mol. The number of hydrogen-bond donors (Lipinski definition) is 1. The number of rotatable bonds is 4. The van der Waals surface area contributed by atoms with Crippen molar-refractivity contribution in [3.05, 3.63) is 10.3 Å². The third-order valence-corrected chi connectivity index (χ3v) is 3.92. The number of nitriles is 1. The highest BCUT2D eigenvalue weighted by molar-refractivity contribution is 8.21. The van der Waals surface area contributed by atoms with Crippen LogP contribution in [0.1, 0.15) is 13.8 Å². The summed E-state index contributed by atoms with van der Waals surface area (Å²) in [6, 6.07) is 2.05. The van der Waals surface area contributed by atoms with Crippen molar-refractivity contribution >= 4 is 23.5 Å². The van der Waals surface area contributed by atoms with E-state index < -0.39 is 5.60 Å². The van der Waals surface area contributed by atoms with Gasteiger partial charge in [-0.15, -0.1) is 23.5 Å². The van der Waals surface area contributed by atoms with Gasteiger partial charge in [-0.2, -0.15) is 5.26 Å². The molecule has 0 aliphatic rings. The van der Waals surface area contributed by atoms with Crippen molar-refractivity contribution in [1.82, 2.24) is 0 Å². The number of nitrogens with zero attached hydrogens (tertiary/aromatic N) is 1. The van der Waals surface area contributed by atoms with E-state index in [1.165, 1.54) is 0 Å². The summed E-state index contributed by atoms with van der Waals surface area (Å²) in [6.07, 6.45) is 5.65. The van der Waals surface area contributed by atoms with Gasteiger partial charge in [-0.3, -0.25) is 0 Å². The van der Waals surface area contributed by atoms with Crippen LogP contribution in [-0.4, -0.2) is 23.2 Å². The van der Waals surface area contributed by atoms with Crippen molar-refractivity contribution in [2.24, 2.45) is 5.92 Å². The van der Waals surface area contributed by atoms with Crippen molar-refractivity contribution in [3.63, 3.8) is 0 Å². The highest BCUT2D eigenvalue weighted by Crippen LogP contribution is 2.29. The van der Waals surface area contributed by atoms with Gasteiger partial charge in [0.2, 0.25) is 0 Å².